The molecule has 3 nitrogen and oxygen atoms in total. The van der Waals surface area contributed by atoms with Crippen molar-refractivity contribution in [3.63, 3.8) is 0 Å². The second kappa shape index (κ2) is 5.49. The first-order chi connectivity index (χ1) is 7.27. The fraction of sp³-hybridized carbons (Fsp3) is 0.500. The van der Waals surface area contributed by atoms with Crippen LogP contribution < -0.4 is 0 Å². The number of nitrogens with zero attached hydrogens (tertiary/aromatic N) is 2. The molecule has 0 aliphatic carbocycles. The van der Waals surface area contributed by atoms with E-state index in [2.05, 4.69) is 4.98 Å². The standard InChI is InChI=1S/C10H12N2O.C2H6/c1-8-3-4-9(11-7-8)10(13)12-5-2-6-12;1-2/h3-4,7H,2,5-6H2,1H3;1-2H3. The van der Waals surface area contributed by atoms with Gasteiger partial charge in [0.15, 0.2) is 0 Å². The van der Waals surface area contributed by atoms with E-state index in [1.54, 1.807) is 12.3 Å². The highest BCUT2D eigenvalue weighted by Gasteiger charge is 2.21. The molecule has 2 rings (SSSR count). The molecule has 0 atom stereocenters. The predicted molar refractivity (Wildman–Crippen MR) is 60.8 cm³/mol. The first-order valence-corrected chi connectivity index (χ1v) is 5.49. The van der Waals surface area contributed by atoms with Crippen LogP contribution in [0.1, 0.15) is 36.3 Å². The van der Waals surface area contributed by atoms with Gasteiger partial charge in [-0.25, -0.2) is 0 Å². The van der Waals surface area contributed by atoms with Gasteiger partial charge in [-0.05, 0) is 25.0 Å². The molecule has 1 aromatic heterocycles. The summed E-state index contributed by atoms with van der Waals surface area (Å²) >= 11 is 0. The molecule has 82 valence electrons. The van der Waals surface area contributed by atoms with Gasteiger partial charge in [-0.3, -0.25) is 9.78 Å². The van der Waals surface area contributed by atoms with E-state index >= 15 is 0 Å². The number of likely N-dealkylation sites (tertiary alicyclic amines) is 1. The predicted octanol–water partition coefficient (Wildman–Crippen LogP) is 2.26. The lowest BCUT2D eigenvalue weighted by Crippen LogP contribution is -2.42. The van der Waals surface area contributed by atoms with Gasteiger partial charge in [-0.2, -0.15) is 0 Å². The molecule has 0 bridgehead atoms. The van der Waals surface area contributed by atoms with Crippen molar-refractivity contribution in [2.45, 2.75) is 27.2 Å². The summed E-state index contributed by atoms with van der Waals surface area (Å²) in [5, 5.41) is 0. The lowest BCUT2D eigenvalue weighted by molar-refractivity contribution is 0.0645. The largest absolute Gasteiger partial charge is 0.337 e. The third kappa shape index (κ3) is 2.78. The van der Waals surface area contributed by atoms with Crippen LogP contribution in [0.15, 0.2) is 18.3 Å². The van der Waals surface area contributed by atoms with Gasteiger partial charge >= 0.3 is 0 Å². The van der Waals surface area contributed by atoms with Crippen LogP contribution in [0, 0.1) is 6.92 Å². The Bertz CT molecular complexity index is 315. The molecule has 0 aromatic carbocycles. The van der Waals surface area contributed by atoms with Crippen LogP contribution in [0.2, 0.25) is 0 Å². The minimum absolute atomic E-state index is 0.0613. The fourth-order valence-corrected chi connectivity index (χ4v) is 1.28. The molecular formula is C12H18N2O. The molecule has 0 spiro atoms. The molecule has 15 heavy (non-hydrogen) atoms. The van der Waals surface area contributed by atoms with Crippen molar-refractivity contribution in [2.24, 2.45) is 0 Å². The number of carbonyl (C=O) groups excluding carboxylic acids is 1. The molecule has 0 N–H and O–H groups in total. The summed E-state index contributed by atoms with van der Waals surface area (Å²) < 4.78 is 0. The quantitative estimate of drug-likeness (QED) is 0.706. The minimum atomic E-state index is 0.0613. The van der Waals surface area contributed by atoms with Crippen molar-refractivity contribution in [1.29, 1.82) is 0 Å². The number of amides is 1. The van der Waals surface area contributed by atoms with Crippen LogP contribution in [0.5, 0.6) is 0 Å². The van der Waals surface area contributed by atoms with Crippen molar-refractivity contribution in [2.75, 3.05) is 13.1 Å². The number of aryl methyl sites for hydroxylation is 1. The molecule has 1 aliphatic rings. The summed E-state index contributed by atoms with van der Waals surface area (Å²) in [5.74, 6) is 0.0613. The maximum atomic E-state index is 11.6. The van der Waals surface area contributed by atoms with E-state index in [9.17, 15) is 4.79 Å². The van der Waals surface area contributed by atoms with E-state index in [0.717, 1.165) is 25.1 Å². The van der Waals surface area contributed by atoms with Gasteiger partial charge in [0, 0.05) is 19.3 Å². The molecule has 1 amide bonds. The number of aromatic nitrogens is 1. The lowest BCUT2D eigenvalue weighted by atomic mass is 10.2. The SMILES string of the molecule is CC.Cc1ccc(C(=O)N2CCC2)nc1. The lowest BCUT2D eigenvalue weighted by Gasteiger charge is -2.30. The molecule has 0 saturated carbocycles. The van der Waals surface area contributed by atoms with Gasteiger partial charge in [-0.15, -0.1) is 0 Å². The Morgan fingerprint density at radius 3 is 2.40 bits per heavy atom. The fourth-order valence-electron chi connectivity index (χ4n) is 1.28. The maximum Gasteiger partial charge on any atom is 0.272 e. The van der Waals surface area contributed by atoms with Gasteiger partial charge in [0.1, 0.15) is 5.69 Å². The van der Waals surface area contributed by atoms with E-state index in [1.165, 1.54) is 0 Å². The molecule has 1 fully saturated rings. The van der Waals surface area contributed by atoms with E-state index < -0.39 is 0 Å². The Balaban J connectivity index is 0.000000531. The third-order valence-electron chi connectivity index (χ3n) is 2.27. The zero-order chi connectivity index (χ0) is 11.3. The normalized spacial score (nSPS) is 13.7. The Labute approximate surface area is 91.1 Å². The minimum Gasteiger partial charge on any atom is -0.337 e. The highest BCUT2D eigenvalue weighted by Crippen LogP contribution is 2.10. The monoisotopic (exact) mass is 206 g/mol. The van der Waals surface area contributed by atoms with E-state index in [0.29, 0.717) is 5.69 Å². The number of hydrogen-bond acceptors (Lipinski definition) is 2. The van der Waals surface area contributed by atoms with Gasteiger partial charge < -0.3 is 4.90 Å². The van der Waals surface area contributed by atoms with Crippen molar-refractivity contribution in [1.82, 2.24) is 9.88 Å². The van der Waals surface area contributed by atoms with Crippen LogP contribution in [0.4, 0.5) is 0 Å². The molecule has 3 heteroatoms. The summed E-state index contributed by atoms with van der Waals surface area (Å²) in [6.07, 6.45) is 2.85. The summed E-state index contributed by atoms with van der Waals surface area (Å²) in [7, 11) is 0. The Hall–Kier alpha value is -1.38. The second-order valence-corrected chi connectivity index (χ2v) is 3.37. The number of hydrogen-bond donors (Lipinski definition) is 0. The summed E-state index contributed by atoms with van der Waals surface area (Å²) in [5.41, 5.74) is 1.64. The van der Waals surface area contributed by atoms with Crippen LogP contribution in [0.25, 0.3) is 0 Å². The molecule has 2 heterocycles. The first-order valence-electron chi connectivity index (χ1n) is 5.49. The zero-order valence-electron chi connectivity index (χ0n) is 9.66. The van der Waals surface area contributed by atoms with Gasteiger partial charge in [0.05, 0.1) is 0 Å². The second-order valence-electron chi connectivity index (χ2n) is 3.37. The molecule has 1 aliphatic heterocycles. The van der Waals surface area contributed by atoms with Crippen LogP contribution >= 0.6 is 0 Å². The zero-order valence-corrected chi connectivity index (χ0v) is 9.66. The van der Waals surface area contributed by atoms with Crippen LogP contribution in [-0.4, -0.2) is 28.9 Å². The van der Waals surface area contributed by atoms with E-state index in [-0.39, 0.29) is 5.91 Å². The van der Waals surface area contributed by atoms with Gasteiger partial charge in [0.25, 0.3) is 5.91 Å². The average molecular weight is 206 g/mol. The summed E-state index contributed by atoms with van der Waals surface area (Å²) in [6, 6.07) is 3.70. The van der Waals surface area contributed by atoms with Crippen LogP contribution in [-0.2, 0) is 0 Å². The van der Waals surface area contributed by atoms with E-state index in [1.807, 2.05) is 31.7 Å². The maximum absolute atomic E-state index is 11.6. The average Bonchev–Trinajstić information content (AvgIpc) is 2.19. The highest BCUT2D eigenvalue weighted by atomic mass is 16.2. The van der Waals surface area contributed by atoms with Gasteiger partial charge in [-0.1, -0.05) is 19.9 Å². The van der Waals surface area contributed by atoms with Crippen LogP contribution in [0.3, 0.4) is 0 Å². The van der Waals surface area contributed by atoms with Crippen molar-refractivity contribution < 1.29 is 4.79 Å². The van der Waals surface area contributed by atoms with E-state index in [4.69, 9.17) is 0 Å². The summed E-state index contributed by atoms with van der Waals surface area (Å²) in [4.78, 5) is 17.5. The molecule has 1 aromatic rings. The molecule has 0 radical (unpaired) electrons. The topological polar surface area (TPSA) is 33.2 Å². The van der Waals surface area contributed by atoms with Crippen molar-refractivity contribution >= 4 is 5.91 Å². The smallest absolute Gasteiger partial charge is 0.272 e. The Morgan fingerprint density at radius 1 is 1.33 bits per heavy atom. The number of rotatable bonds is 1. The highest BCUT2D eigenvalue weighted by molar-refractivity contribution is 5.92. The molecular weight excluding hydrogens is 188 g/mol. The third-order valence-corrected chi connectivity index (χ3v) is 2.27. The van der Waals surface area contributed by atoms with Crippen molar-refractivity contribution in [3.05, 3.63) is 29.6 Å². The molecule has 1 saturated heterocycles. The van der Waals surface area contributed by atoms with Gasteiger partial charge in [0.2, 0.25) is 0 Å². The van der Waals surface area contributed by atoms with Crippen molar-refractivity contribution in [3.8, 4) is 0 Å². The molecule has 0 unspecified atom stereocenters. The Morgan fingerprint density at radius 2 is 2.00 bits per heavy atom. The summed E-state index contributed by atoms with van der Waals surface area (Å²) in [6.45, 7) is 7.73. The first kappa shape index (κ1) is 11.7. The number of pyridine rings is 1. The number of carbonyl (C=O) groups is 1. The Kier molecular flexibility index (Phi) is 4.28.